The molecule has 2 rings (SSSR count). The summed E-state index contributed by atoms with van der Waals surface area (Å²) in [6.07, 6.45) is 2.43. The van der Waals surface area contributed by atoms with Gasteiger partial charge in [-0.1, -0.05) is 30.4 Å². The van der Waals surface area contributed by atoms with Gasteiger partial charge < -0.3 is 10.5 Å². The molecule has 4 heteroatoms. The summed E-state index contributed by atoms with van der Waals surface area (Å²) in [4.78, 5) is 2.86. The van der Waals surface area contributed by atoms with Crippen LogP contribution in [0.3, 0.4) is 0 Å². The van der Waals surface area contributed by atoms with Crippen molar-refractivity contribution in [1.29, 1.82) is 0 Å². The summed E-state index contributed by atoms with van der Waals surface area (Å²) >= 11 is 5.22. The molecule has 1 atom stereocenters. The van der Waals surface area contributed by atoms with Crippen molar-refractivity contribution in [2.75, 3.05) is 20.2 Å². The van der Waals surface area contributed by atoms with Crippen LogP contribution in [-0.2, 0) is 0 Å². The van der Waals surface area contributed by atoms with Crippen LogP contribution in [0.4, 0.5) is 0 Å². The van der Waals surface area contributed by atoms with Crippen LogP contribution in [0.25, 0.3) is 0 Å². The van der Waals surface area contributed by atoms with Crippen molar-refractivity contribution in [3.8, 4) is 5.75 Å². The number of nitrogens with two attached hydrogens (primary N) is 1. The van der Waals surface area contributed by atoms with E-state index in [0.717, 1.165) is 24.4 Å². The number of nitrogens with zero attached hydrogens (tertiary/aromatic N) is 1. The molecule has 1 fully saturated rings. The molecule has 0 aromatic heterocycles. The Hall–Kier alpha value is -1.13. The summed E-state index contributed by atoms with van der Waals surface area (Å²) in [5.41, 5.74) is 6.98. The highest BCUT2D eigenvalue weighted by Crippen LogP contribution is 2.31. The summed E-state index contributed by atoms with van der Waals surface area (Å²) in [7, 11) is 1.68. The van der Waals surface area contributed by atoms with Crippen LogP contribution in [-0.4, -0.2) is 30.1 Å². The maximum absolute atomic E-state index is 5.91. The van der Waals surface area contributed by atoms with Gasteiger partial charge in [-0.25, -0.2) is 0 Å². The van der Waals surface area contributed by atoms with Crippen LogP contribution >= 0.6 is 12.2 Å². The zero-order valence-corrected chi connectivity index (χ0v) is 10.9. The first-order valence-electron chi connectivity index (χ1n) is 5.90. The smallest absolute Gasteiger partial charge is 0.124 e. The van der Waals surface area contributed by atoms with Crippen molar-refractivity contribution in [3.63, 3.8) is 0 Å². The lowest BCUT2D eigenvalue weighted by Gasteiger charge is -2.28. The average Bonchev–Trinajstić information content (AvgIpc) is 2.83. The maximum atomic E-state index is 5.91. The minimum Gasteiger partial charge on any atom is -0.496 e. The number of ether oxygens (including phenoxy) is 1. The molecule has 1 heterocycles. The van der Waals surface area contributed by atoms with E-state index >= 15 is 0 Å². The van der Waals surface area contributed by atoms with Crippen molar-refractivity contribution < 1.29 is 4.74 Å². The Morgan fingerprint density at radius 3 is 2.59 bits per heavy atom. The van der Waals surface area contributed by atoms with E-state index in [2.05, 4.69) is 4.90 Å². The van der Waals surface area contributed by atoms with Crippen molar-refractivity contribution in [3.05, 3.63) is 29.8 Å². The fourth-order valence-corrected chi connectivity index (χ4v) is 2.70. The number of para-hydroxylation sites is 1. The molecule has 92 valence electrons. The van der Waals surface area contributed by atoms with E-state index in [9.17, 15) is 0 Å². The maximum Gasteiger partial charge on any atom is 0.124 e. The van der Waals surface area contributed by atoms with E-state index in [1.807, 2.05) is 24.3 Å². The molecule has 0 amide bonds. The molecule has 2 N–H and O–H groups in total. The Labute approximate surface area is 108 Å². The van der Waals surface area contributed by atoms with E-state index in [1.165, 1.54) is 12.8 Å². The second-order valence-electron chi connectivity index (χ2n) is 4.29. The van der Waals surface area contributed by atoms with Crippen molar-refractivity contribution in [1.82, 2.24) is 4.90 Å². The Morgan fingerprint density at radius 1 is 1.35 bits per heavy atom. The van der Waals surface area contributed by atoms with Crippen LogP contribution in [0.5, 0.6) is 5.75 Å². The molecule has 3 nitrogen and oxygen atoms in total. The van der Waals surface area contributed by atoms with Gasteiger partial charge in [0.2, 0.25) is 0 Å². The second kappa shape index (κ2) is 5.47. The Kier molecular flexibility index (Phi) is 3.97. The predicted molar refractivity (Wildman–Crippen MR) is 73.3 cm³/mol. The number of hydrogen-bond acceptors (Lipinski definition) is 3. The SMILES string of the molecule is COc1ccccc1C(C(N)=S)N1CCCC1. The van der Waals surface area contributed by atoms with Gasteiger partial charge in [0, 0.05) is 5.56 Å². The molecule has 0 saturated carbocycles. The van der Waals surface area contributed by atoms with Gasteiger partial charge in [0.25, 0.3) is 0 Å². The number of hydrogen-bond donors (Lipinski definition) is 1. The third-order valence-electron chi connectivity index (χ3n) is 3.21. The standard InChI is InChI=1S/C13H18N2OS/c1-16-11-7-3-2-6-10(11)12(13(14)17)15-8-4-5-9-15/h2-3,6-7,12H,4-5,8-9H2,1H3,(H2,14,17). The molecule has 1 saturated heterocycles. The van der Waals surface area contributed by atoms with E-state index < -0.39 is 0 Å². The van der Waals surface area contributed by atoms with Crippen LogP contribution in [0, 0.1) is 0 Å². The lowest BCUT2D eigenvalue weighted by molar-refractivity contribution is 0.296. The topological polar surface area (TPSA) is 38.5 Å². The van der Waals surface area contributed by atoms with Crippen LogP contribution in [0.2, 0.25) is 0 Å². The van der Waals surface area contributed by atoms with Crippen LogP contribution in [0.15, 0.2) is 24.3 Å². The monoisotopic (exact) mass is 250 g/mol. The fourth-order valence-electron chi connectivity index (χ4n) is 2.42. The number of rotatable bonds is 4. The molecule has 0 bridgehead atoms. The van der Waals surface area contributed by atoms with Gasteiger partial charge in [-0.15, -0.1) is 0 Å². The van der Waals surface area contributed by atoms with Crippen molar-refractivity contribution in [2.24, 2.45) is 5.73 Å². The molecule has 1 unspecified atom stereocenters. The number of methoxy groups -OCH3 is 1. The number of benzene rings is 1. The van der Waals surface area contributed by atoms with Crippen molar-refractivity contribution in [2.45, 2.75) is 18.9 Å². The Balaban J connectivity index is 2.34. The third kappa shape index (κ3) is 2.58. The highest BCUT2D eigenvalue weighted by molar-refractivity contribution is 7.80. The number of likely N-dealkylation sites (tertiary alicyclic amines) is 1. The summed E-state index contributed by atoms with van der Waals surface area (Å²) < 4.78 is 5.39. The molecule has 1 aliphatic rings. The molecule has 0 aliphatic carbocycles. The lowest BCUT2D eigenvalue weighted by atomic mass is 10.0. The molecule has 1 aromatic carbocycles. The highest BCUT2D eigenvalue weighted by atomic mass is 32.1. The molecule has 1 aliphatic heterocycles. The van der Waals surface area contributed by atoms with E-state index in [4.69, 9.17) is 22.7 Å². The van der Waals surface area contributed by atoms with Gasteiger partial charge >= 0.3 is 0 Å². The summed E-state index contributed by atoms with van der Waals surface area (Å²) in [6, 6.07) is 7.96. The first kappa shape index (κ1) is 12.3. The van der Waals surface area contributed by atoms with Gasteiger partial charge in [0.1, 0.15) is 5.75 Å². The predicted octanol–water partition coefficient (Wildman–Crippen LogP) is 2.12. The van der Waals surface area contributed by atoms with E-state index in [1.54, 1.807) is 7.11 Å². The average molecular weight is 250 g/mol. The minimum absolute atomic E-state index is 0.00338. The fraction of sp³-hybridized carbons (Fsp3) is 0.462. The molecule has 17 heavy (non-hydrogen) atoms. The number of thiocarbonyl (C=S) groups is 1. The zero-order chi connectivity index (χ0) is 12.3. The normalized spacial score (nSPS) is 17.9. The van der Waals surface area contributed by atoms with Gasteiger partial charge in [0.05, 0.1) is 18.1 Å². The summed E-state index contributed by atoms with van der Waals surface area (Å²) in [5.74, 6) is 0.859. The molecule has 0 spiro atoms. The van der Waals surface area contributed by atoms with Gasteiger partial charge in [-0.3, -0.25) is 4.90 Å². The van der Waals surface area contributed by atoms with Gasteiger partial charge in [-0.2, -0.15) is 0 Å². The highest BCUT2D eigenvalue weighted by Gasteiger charge is 2.27. The van der Waals surface area contributed by atoms with E-state index in [0.29, 0.717) is 4.99 Å². The molecular formula is C13H18N2OS. The third-order valence-corrected chi connectivity index (χ3v) is 3.43. The summed E-state index contributed by atoms with van der Waals surface area (Å²) in [5, 5.41) is 0. The van der Waals surface area contributed by atoms with Crippen molar-refractivity contribution >= 4 is 17.2 Å². The quantitative estimate of drug-likeness (QED) is 0.831. The molecular weight excluding hydrogens is 232 g/mol. The van der Waals surface area contributed by atoms with Crippen LogP contribution < -0.4 is 10.5 Å². The Bertz CT molecular complexity index is 402. The second-order valence-corrected chi connectivity index (χ2v) is 4.76. The first-order valence-corrected chi connectivity index (χ1v) is 6.31. The molecule has 1 aromatic rings. The largest absolute Gasteiger partial charge is 0.496 e. The first-order chi connectivity index (χ1) is 8.24. The zero-order valence-electron chi connectivity index (χ0n) is 10.1. The summed E-state index contributed by atoms with van der Waals surface area (Å²) in [6.45, 7) is 2.11. The van der Waals surface area contributed by atoms with E-state index in [-0.39, 0.29) is 6.04 Å². The Morgan fingerprint density at radius 2 is 2.00 bits per heavy atom. The molecule has 0 radical (unpaired) electrons. The lowest BCUT2D eigenvalue weighted by Crippen LogP contribution is -2.35. The van der Waals surface area contributed by atoms with Gasteiger partial charge in [0.15, 0.2) is 0 Å². The van der Waals surface area contributed by atoms with Crippen LogP contribution in [0.1, 0.15) is 24.4 Å². The minimum atomic E-state index is 0.00338. The van der Waals surface area contributed by atoms with Gasteiger partial charge in [-0.05, 0) is 32.0 Å².